The Bertz CT molecular complexity index is 78.6. The molecule has 0 aliphatic carbocycles. The number of hydrogen-bond acceptors (Lipinski definition) is 1. The molecule has 0 saturated heterocycles. The van der Waals surface area contributed by atoms with Crippen LogP contribution in [0.4, 0.5) is 0 Å². The van der Waals surface area contributed by atoms with Crippen molar-refractivity contribution in [2.75, 3.05) is 0 Å². The van der Waals surface area contributed by atoms with Gasteiger partial charge in [-0.25, -0.2) is 0 Å². The monoisotopic (exact) mass is 128 g/mol. The summed E-state index contributed by atoms with van der Waals surface area (Å²) >= 11 is 0. The van der Waals surface area contributed by atoms with Crippen LogP contribution in [0, 0.1) is 0 Å². The lowest BCUT2D eigenvalue weighted by atomic mass is 10.3. The molecule has 1 heteroatoms. The molecule has 0 aromatic carbocycles. The van der Waals surface area contributed by atoms with Gasteiger partial charge in [-0.1, -0.05) is 13.0 Å². The molecule has 0 amide bonds. The van der Waals surface area contributed by atoms with Crippen LogP contribution < -0.4 is 0 Å². The lowest BCUT2D eigenvalue weighted by Gasteiger charge is -2.13. The maximum absolute atomic E-state index is 5.43. The fourth-order valence-corrected chi connectivity index (χ4v) is 0.518. The van der Waals surface area contributed by atoms with Crippen LogP contribution in [0.3, 0.4) is 0 Å². The normalized spacial score (nSPS) is 16.8. The van der Waals surface area contributed by atoms with E-state index in [2.05, 4.69) is 20.4 Å². The summed E-state index contributed by atoms with van der Waals surface area (Å²) < 4.78 is 5.43. The minimum atomic E-state index is 0.194. The molecule has 0 rings (SSSR count). The van der Waals surface area contributed by atoms with Crippen molar-refractivity contribution in [2.24, 2.45) is 0 Å². The number of ether oxygens (including phenoxy) is 1. The van der Waals surface area contributed by atoms with E-state index in [4.69, 9.17) is 4.74 Å². The molecule has 0 N–H and O–H groups in total. The fraction of sp³-hybridized carbons (Fsp3) is 0.750. The SMILES string of the molecule is C=CC(C)OC(C)CC. The third-order valence-corrected chi connectivity index (χ3v) is 1.35. The van der Waals surface area contributed by atoms with Crippen molar-refractivity contribution in [2.45, 2.75) is 39.4 Å². The van der Waals surface area contributed by atoms with Gasteiger partial charge in [-0.3, -0.25) is 0 Å². The first-order chi connectivity index (χ1) is 4.20. The third-order valence-electron chi connectivity index (χ3n) is 1.35. The Kier molecular flexibility index (Phi) is 4.41. The van der Waals surface area contributed by atoms with Gasteiger partial charge < -0.3 is 4.74 Å². The van der Waals surface area contributed by atoms with Gasteiger partial charge in [0.05, 0.1) is 12.2 Å². The maximum atomic E-state index is 5.43. The smallest absolute Gasteiger partial charge is 0.0728 e. The highest BCUT2D eigenvalue weighted by Gasteiger charge is 2.00. The summed E-state index contributed by atoms with van der Waals surface area (Å²) in [6.45, 7) is 9.80. The van der Waals surface area contributed by atoms with E-state index in [1.54, 1.807) is 0 Å². The molecule has 0 fully saturated rings. The van der Waals surface area contributed by atoms with Gasteiger partial charge in [0.25, 0.3) is 0 Å². The second-order valence-electron chi connectivity index (χ2n) is 2.30. The van der Waals surface area contributed by atoms with Crippen LogP contribution in [0.2, 0.25) is 0 Å². The summed E-state index contributed by atoms with van der Waals surface area (Å²) in [7, 11) is 0. The maximum Gasteiger partial charge on any atom is 0.0728 e. The van der Waals surface area contributed by atoms with E-state index in [0.29, 0.717) is 6.10 Å². The molecule has 0 radical (unpaired) electrons. The number of hydrogen-bond donors (Lipinski definition) is 0. The average molecular weight is 128 g/mol. The highest BCUT2D eigenvalue weighted by molar-refractivity contribution is 4.75. The Balaban J connectivity index is 3.33. The summed E-state index contributed by atoms with van der Waals surface area (Å²) in [4.78, 5) is 0. The van der Waals surface area contributed by atoms with Crippen molar-refractivity contribution < 1.29 is 4.74 Å². The van der Waals surface area contributed by atoms with E-state index >= 15 is 0 Å². The molecule has 1 nitrogen and oxygen atoms in total. The second-order valence-corrected chi connectivity index (χ2v) is 2.30. The van der Waals surface area contributed by atoms with Crippen molar-refractivity contribution in [1.29, 1.82) is 0 Å². The van der Waals surface area contributed by atoms with Gasteiger partial charge in [0.1, 0.15) is 0 Å². The van der Waals surface area contributed by atoms with Gasteiger partial charge in [-0.2, -0.15) is 0 Å². The first kappa shape index (κ1) is 8.70. The van der Waals surface area contributed by atoms with Crippen molar-refractivity contribution in [1.82, 2.24) is 0 Å². The van der Waals surface area contributed by atoms with Crippen LogP contribution in [-0.4, -0.2) is 12.2 Å². The number of rotatable bonds is 4. The molecule has 0 aliphatic rings. The van der Waals surface area contributed by atoms with E-state index in [-0.39, 0.29) is 6.10 Å². The summed E-state index contributed by atoms with van der Waals surface area (Å²) in [5.74, 6) is 0. The highest BCUT2D eigenvalue weighted by Crippen LogP contribution is 2.01. The summed E-state index contributed by atoms with van der Waals surface area (Å²) in [6.07, 6.45) is 3.43. The molecule has 0 aromatic heterocycles. The van der Waals surface area contributed by atoms with Crippen molar-refractivity contribution >= 4 is 0 Å². The highest BCUT2D eigenvalue weighted by atomic mass is 16.5. The average Bonchev–Trinajstić information content (AvgIpc) is 1.87. The molecule has 0 aliphatic heterocycles. The van der Waals surface area contributed by atoms with Crippen LogP contribution >= 0.6 is 0 Å². The molecule has 2 atom stereocenters. The van der Waals surface area contributed by atoms with E-state index in [9.17, 15) is 0 Å². The Morgan fingerprint density at radius 2 is 2.11 bits per heavy atom. The topological polar surface area (TPSA) is 9.23 Å². The first-order valence-corrected chi connectivity index (χ1v) is 3.48. The standard InChI is InChI=1S/C8H16O/c1-5-7(3)9-8(4)6-2/h5,7-8H,1,6H2,2-4H3. The third kappa shape index (κ3) is 4.22. The van der Waals surface area contributed by atoms with Crippen molar-refractivity contribution in [3.05, 3.63) is 12.7 Å². The largest absolute Gasteiger partial charge is 0.372 e. The predicted molar refractivity (Wildman–Crippen MR) is 40.5 cm³/mol. The molecule has 0 heterocycles. The molecule has 0 bridgehead atoms. The van der Waals surface area contributed by atoms with Gasteiger partial charge in [-0.15, -0.1) is 6.58 Å². The van der Waals surface area contributed by atoms with E-state index < -0.39 is 0 Å². The molecule has 0 spiro atoms. The predicted octanol–water partition coefficient (Wildman–Crippen LogP) is 2.38. The van der Waals surface area contributed by atoms with Gasteiger partial charge in [-0.05, 0) is 20.3 Å². The molecular weight excluding hydrogens is 112 g/mol. The fourth-order valence-electron chi connectivity index (χ4n) is 0.518. The summed E-state index contributed by atoms with van der Waals surface area (Å²) in [5.41, 5.74) is 0. The summed E-state index contributed by atoms with van der Waals surface area (Å²) in [5, 5.41) is 0. The molecule has 2 unspecified atom stereocenters. The van der Waals surface area contributed by atoms with Gasteiger partial charge in [0, 0.05) is 0 Å². The van der Waals surface area contributed by atoms with Gasteiger partial charge in [0.2, 0.25) is 0 Å². The van der Waals surface area contributed by atoms with Crippen LogP contribution in [0.25, 0.3) is 0 Å². The van der Waals surface area contributed by atoms with E-state index in [0.717, 1.165) is 6.42 Å². The molecule has 9 heavy (non-hydrogen) atoms. The quantitative estimate of drug-likeness (QED) is 0.528. The summed E-state index contributed by atoms with van der Waals surface area (Å²) in [6, 6.07) is 0. The molecule has 54 valence electrons. The molecule has 0 aromatic rings. The zero-order valence-electron chi connectivity index (χ0n) is 6.55. The van der Waals surface area contributed by atoms with E-state index in [1.807, 2.05) is 13.0 Å². The van der Waals surface area contributed by atoms with Crippen LogP contribution in [-0.2, 0) is 4.74 Å². The van der Waals surface area contributed by atoms with E-state index in [1.165, 1.54) is 0 Å². The molecule has 0 saturated carbocycles. The second kappa shape index (κ2) is 4.57. The zero-order valence-corrected chi connectivity index (χ0v) is 6.55. The van der Waals surface area contributed by atoms with Crippen LogP contribution in [0.1, 0.15) is 27.2 Å². The minimum Gasteiger partial charge on any atom is -0.372 e. The van der Waals surface area contributed by atoms with Crippen LogP contribution in [0.5, 0.6) is 0 Å². The van der Waals surface area contributed by atoms with Gasteiger partial charge >= 0.3 is 0 Å². The Hall–Kier alpha value is -0.300. The Morgan fingerprint density at radius 1 is 1.56 bits per heavy atom. The zero-order chi connectivity index (χ0) is 7.28. The molecular formula is C8H16O. The van der Waals surface area contributed by atoms with Crippen molar-refractivity contribution in [3.63, 3.8) is 0 Å². The van der Waals surface area contributed by atoms with Gasteiger partial charge in [0.15, 0.2) is 0 Å². The minimum absolute atomic E-state index is 0.194. The first-order valence-electron chi connectivity index (χ1n) is 3.48. The van der Waals surface area contributed by atoms with Crippen LogP contribution in [0.15, 0.2) is 12.7 Å². The lowest BCUT2D eigenvalue weighted by molar-refractivity contribution is 0.0326. The Morgan fingerprint density at radius 3 is 2.44 bits per heavy atom. The van der Waals surface area contributed by atoms with Crippen molar-refractivity contribution in [3.8, 4) is 0 Å². The Labute approximate surface area is 57.7 Å². The lowest BCUT2D eigenvalue weighted by Crippen LogP contribution is -2.13.